The van der Waals surface area contributed by atoms with Crippen molar-refractivity contribution in [2.75, 3.05) is 0 Å². The van der Waals surface area contributed by atoms with Gasteiger partial charge in [-0.25, -0.2) is 0 Å². The number of rotatable bonds is 3. The van der Waals surface area contributed by atoms with Crippen molar-refractivity contribution in [3.63, 3.8) is 0 Å². The topological polar surface area (TPSA) is 55.4 Å². The van der Waals surface area contributed by atoms with Gasteiger partial charge in [-0.05, 0) is 31.2 Å². The number of carbonyl (C=O) groups excluding carboxylic acids is 2. The molecular weight excluding hydrogens is 266 g/mol. The summed E-state index contributed by atoms with van der Waals surface area (Å²) in [7, 11) is 0. The number of ether oxygens (including phenoxy) is 1. The molecule has 0 radical (unpaired) electrons. The lowest BCUT2D eigenvalue weighted by Crippen LogP contribution is -2.45. The maximum atomic E-state index is 12.5. The van der Waals surface area contributed by atoms with Gasteiger partial charge in [0.1, 0.15) is 5.60 Å². The van der Waals surface area contributed by atoms with Crippen molar-refractivity contribution in [2.45, 2.75) is 50.7 Å². The Morgan fingerprint density at radius 1 is 1.19 bits per heavy atom. The first-order chi connectivity index (χ1) is 10.2. The van der Waals surface area contributed by atoms with E-state index >= 15 is 0 Å². The second-order valence-corrected chi connectivity index (χ2v) is 6.06. The number of hydrogen-bond acceptors (Lipinski definition) is 3. The van der Waals surface area contributed by atoms with Gasteiger partial charge < -0.3 is 10.1 Å². The summed E-state index contributed by atoms with van der Waals surface area (Å²) in [4.78, 5) is 24.2. The highest BCUT2D eigenvalue weighted by Gasteiger charge is 2.52. The summed E-state index contributed by atoms with van der Waals surface area (Å²) in [5, 5.41) is 2.96. The second-order valence-electron chi connectivity index (χ2n) is 6.06. The third-order valence-corrected chi connectivity index (χ3v) is 4.65. The highest BCUT2D eigenvalue weighted by Crippen LogP contribution is 2.44. The molecule has 112 valence electrons. The van der Waals surface area contributed by atoms with Gasteiger partial charge in [0.2, 0.25) is 5.91 Å². The first kappa shape index (κ1) is 14.1. The molecule has 0 aromatic heterocycles. The Labute approximate surface area is 124 Å². The Kier molecular flexibility index (Phi) is 3.95. The van der Waals surface area contributed by atoms with Crippen LogP contribution in [-0.4, -0.2) is 17.5 Å². The third-order valence-electron chi connectivity index (χ3n) is 4.65. The van der Waals surface area contributed by atoms with Crippen LogP contribution in [-0.2, 0) is 20.9 Å². The predicted octanol–water partition coefficient (Wildman–Crippen LogP) is 2.57. The van der Waals surface area contributed by atoms with Gasteiger partial charge in [-0.15, -0.1) is 0 Å². The number of amides is 1. The Morgan fingerprint density at radius 3 is 2.62 bits per heavy atom. The van der Waals surface area contributed by atoms with Gasteiger partial charge in [-0.2, -0.15) is 0 Å². The first-order valence-electron chi connectivity index (χ1n) is 7.73. The van der Waals surface area contributed by atoms with Crippen LogP contribution in [0.2, 0.25) is 0 Å². The lowest BCUT2D eigenvalue weighted by Gasteiger charge is -2.36. The molecule has 1 aromatic carbocycles. The van der Waals surface area contributed by atoms with E-state index in [4.69, 9.17) is 4.74 Å². The molecule has 1 aliphatic carbocycles. The number of nitrogens with one attached hydrogen (secondary N) is 1. The van der Waals surface area contributed by atoms with Crippen LogP contribution < -0.4 is 5.32 Å². The molecule has 4 nitrogen and oxygen atoms in total. The minimum atomic E-state index is -0.532. The van der Waals surface area contributed by atoms with Crippen LogP contribution in [0, 0.1) is 5.92 Å². The van der Waals surface area contributed by atoms with E-state index in [1.807, 2.05) is 30.3 Å². The van der Waals surface area contributed by atoms with E-state index in [1.54, 1.807) is 0 Å². The summed E-state index contributed by atoms with van der Waals surface area (Å²) in [5.41, 5.74) is 0.532. The van der Waals surface area contributed by atoms with Crippen LogP contribution in [0.1, 0.15) is 44.1 Å². The molecular formula is C17H21NO3. The molecule has 4 heteroatoms. The summed E-state index contributed by atoms with van der Waals surface area (Å²) in [6.45, 7) is 0.500. The quantitative estimate of drug-likeness (QED) is 0.869. The van der Waals surface area contributed by atoms with Crippen LogP contribution in [0.25, 0.3) is 0 Å². The van der Waals surface area contributed by atoms with E-state index < -0.39 is 5.60 Å². The van der Waals surface area contributed by atoms with Crippen molar-refractivity contribution in [1.29, 1.82) is 0 Å². The van der Waals surface area contributed by atoms with Gasteiger partial charge in [0.05, 0.1) is 12.3 Å². The maximum Gasteiger partial charge on any atom is 0.307 e. The van der Waals surface area contributed by atoms with Crippen molar-refractivity contribution in [1.82, 2.24) is 5.32 Å². The van der Waals surface area contributed by atoms with Crippen molar-refractivity contribution < 1.29 is 14.3 Å². The molecule has 1 saturated heterocycles. The summed E-state index contributed by atoms with van der Waals surface area (Å²) < 4.78 is 5.58. The van der Waals surface area contributed by atoms with Crippen molar-refractivity contribution in [3.8, 4) is 0 Å². The fraction of sp³-hybridized carbons (Fsp3) is 0.529. The van der Waals surface area contributed by atoms with Gasteiger partial charge in [0, 0.05) is 6.54 Å². The number of carbonyl (C=O) groups is 2. The zero-order valence-electron chi connectivity index (χ0n) is 12.1. The highest BCUT2D eigenvalue weighted by atomic mass is 16.6. The zero-order valence-corrected chi connectivity index (χ0v) is 12.1. The molecule has 2 aliphatic rings. The Hall–Kier alpha value is -1.84. The number of hydrogen-bond donors (Lipinski definition) is 1. The molecule has 3 rings (SSSR count). The van der Waals surface area contributed by atoms with Crippen LogP contribution >= 0.6 is 0 Å². The highest BCUT2D eigenvalue weighted by molar-refractivity contribution is 5.87. The van der Waals surface area contributed by atoms with E-state index in [0.29, 0.717) is 6.54 Å². The summed E-state index contributed by atoms with van der Waals surface area (Å²) in [5.74, 6) is -0.600. The average Bonchev–Trinajstić information content (AvgIpc) is 2.82. The first-order valence-corrected chi connectivity index (χ1v) is 7.73. The molecule has 1 aromatic rings. The Bertz CT molecular complexity index is 520. The smallest absolute Gasteiger partial charge is 0.307 e. The fourth-order valence-corrected chi connectivity index (χ4v) is 3.53. The SMILES string of the molecule is O=C1C[C@@H](C(=O)NCc2ccccc2)C2(CCCCC2)O1. The molecule has 1 atom stereocenters. The van der Waals surface area contributed by atoms with Gasteiger partial charge in [-0.1, -0.05) is 36.8 Å². The largest absolute Gasteiger partial charge is 0.458 e. The molecule has 2 fully saturated rings. The number of benzene rings is 1. The minimum absolute atomic E-state index is 0.0494. The van der Waals surface area contributed by atoms with E-state index in [9.17, 15) is 9.59 Å². The zero-order chi connectivity index (χ0) is 14.7. The standard InChI is InChI=1S/C17H21NO3/c19-15-11-14(17(21-15)9-5-2-6-10-17)16(20)18-12-13-7-3-1-4-8-13/h1,3-4,7-8,14H,2,5-6,9-12H2,(H,18,20)/t14-/m0/s1. The van der Waals surface area contributed by atoms with Crippen molar-refractivity contribution in [3.05, 3.63) is 35.9 Å². The molecule has 1 N–H and O–H groups in total. The maximum absolute atomic E-state index is 12.5. The van der Waals surface area contributed by atoms with E-state index in [1.165, 1.54) is 0 Å². The van der Waals surface area contributed by atoms with Crippen LogP contribution in [0.15, 0.2) is 30.3 Å². The minimum Gasteiger partial charge on any atom is -0.458 e. The Balaban J connectivity index is 1.66. The van der Waals surface area contributed by atoms with Gasteiger partial charge in [0.15, 0.2) is 0 Å². The third kappa shape index (κ3) is 2.94. The van der Waals surface area contributed by atoms with Crippen molar-refractivity contribution in [2.24, 2.45) is 5.92 Å². The van der Waals surface area contributed by atoms with Gasteiger partial charge in [0.25, 0.3) is 0 Å². The van der Waals surface area contributed by atoms with Crippen molar-refractivity contribution >= 4 is 11.9 Å². The molecule has 21 heavy (non-hydrogen) atoms. The van der Waals surface area contributed by atoms with Crippen LogP contribution in [0.3, 0.4) is 0 Å². The molecule has 1 aliphatic heterocycles. The van der Waals surface area contributed by atoms with E-state index in [2.05, 4.69) is 5.32 Å². The predicted molar refractivity (Wildman–Crippen MR) is 78.3 cm³/mol. The Morgan fingerprint density at radius 2 is 1.90 bits per heavy atom. The lowest BCUT2D eigenvalue weighted by molar-refractivity contribution is -0.153. The van der Waals surface area contributed by atoms with Gasteiger partial charge >= 0.3 is 5.97 Å². The molecule has 0 bridgehead atoms. The lowest BCUT2D eigenvalue weighted by atomic mass is 9.75. The second kappa shape index (κ2) is 5.88. The molecule has 1 heterocycles. The molecule has 1 amide bonds. The van der Waals surface area contributed by atoms with Crippen LogP contribution in [0.5, 0.6) is 0 Å². The molecule has 1 saturated carbocycles. The molecule has 0 unspecified atom stereocenters. The monoisotopic (exact) mass is 287 g/mol. The van der Waals surface area contributed by atoms with Crippen LogP contribution in [0.4, 0.5) is 0 Å². The summed E-state index contributed by atoms with van der Waals surface area (Å²) in [6.07, 6.45) is 5.11. The normalized spacial score (nSPS) is 23.8. The van der Waals surface area contributed by atoms with Gasteiger partial charge in [-0.3, -0.25) is 9.59 Å². The van der Waals surface area contributed by atoms with E-state index in [-0.39, 0.29) is 24.2 Å². The van der Waals surface area contributed by atoms with E-state index in [0.717, 1.165) is 37.7 Å². The molecule has 1 spiro atoms. The summed E-state index contributed by atoms with van der Waals surface area (Å²) >= 11 is 0. The fourth-order valence-electron chi connectivity index (χ4n) is 3.53. The summed E-state index contributed by atoms with van der Waals surface area (Å²) in [6, 6.07) is 9.81. The average molecular weight is 287 g/mol. The number of esters is 1.